The van der Waals surface area contributed by atoms with Gasteiger partial charge in [0.2, 0.25) is 6.29 Å². The van der Waals surface area contributed by atoms with Crippen LogP contribution in [0.2, 0.25) is 0 Å². The van der Waals surface area contributed by atoms with Gasteiger partial charge in [0.15, 0.2) is 0 Å². The maximum Gasteiger partial charge on any atom is 0.336 e. The molecule has 0 fully saturated rings. The molecule has 0 aliphatic heterocycles. The Labute approximate surface area is 114 Å². The van der Waals surface area contributed by atoms with E-state index in [2.05, 4.69) is 13.2 Å². The highest BCUT2D eigenvalue weighted by atomic mass is 16.7. The standard InChI is InChI=1S/C14H22O5/c1-6-8-17-9-7-12(18-13(15)10(2)3)19-14(16)11(4)5/h12H,2,4,6-9H2,1,3,5H3. The number of rotatable bonds is 9. The molecule has 5 heteroatoms. The molecular weight excluding hydrogens is 248 g/mol. The van der Waals surface area contributed by atoms with E-state index in [-0.39, 0.29) is 17.6 Å². The third kappa shape index (κ3) is 8.15. The smallest absolute Gasteiger partial charge is 0.336 e. The summed E-state index contributed by atoms with van der Waals surface area (Å²) in [6.07, 6.45) is 0.185. The second-order valence-electron chi connectivity index (χ2n) is 4.20. The van der Waals surface area contributed by atoms with Gasteiger partial charge in [0.05, 0.1) is 6.61 Å². The molecule has 0 N–H and O–H groups in total. The van der Waals surface area contributed by atoms with Crippen molar-refractivity contribution < 1.29 is 23.8 Å². The fraction of sp³-hybridized carbons (Fsp3) is 0.571. The van der Waals surface area contributed by atoms with E-state index < -0.39 is 18.2 Å². The Kier molecular flexibility index (Phi) is 8.53. The SMILES string of the molecule is C=C(C)C(=O)OC(CCOCCC)OC(=O)C(=C)C. The molecule has 0 saturated carbocycles. The number of hydrogen-bond acceptors (Lipinski definition) is 5. The van der Waals surface area contributed by atoms with E-state index in [0.29, 0.717) is 13.2 Å². The number of carbonyl (C=O) groups is 2. The Morgan fingerprint density at radius 3 is 1.84 bits per heavy atom. The first kappa shape index (κ1) is 17.4. The van der Waals surface area contributed by atoms with Gasteiger partial charge in [0.1, 0.15) is 0 Å². The minimum absolute atomic E-state index is 0.242. The number of esters is 2. The molecule has 0 rings (SSSR count). The van der Waals surface area contributed by atoms with Gasteiger partial charge in [-0.15, -0.1) is 0 Å². The highest BCUT2D eigenvalue weighted by Gasteiger charge is 2.19. The first-order valence-electron chi connectivity index (χ1n) is 6.19. The Balaban J connectivity index is 4.37. The first-order chi connectivity index (χ1) is 8.88. The number of ether oxygens (including phenoxy) is 3. The molecule has 0 amide bonds. The van der Waals surface area contributed by atoms with Crippen LogP contribution in [0.4, 0.5) is 0 Å². The third-order valence-corrected chi connectivity index (χ3v) is 2.02. The van der Waals surface area contributed by atoms with Crippen LogP contribution < -0.4 is 0 Å². The summed E-state index contributed by atoms with van der Waals surface area (Å²) < 4.78 is 15.3. The largest absolute Gasteiger partial charge is 0.422 e. The topological polar surface area (TPSA) is 61.8 Å². The molecule has 0 saturated heterocycles. The van der Waals surface area contributed by atoms with Gasteiger partial charge in [-0.05, 0) is 20.3 Å². The summed E-state index contributed by atoms with van der Waals surface area (Å²) in [7, 11) is 0. The predicted molar refractivity (Wildman–Crippen MR) is 71.3 cm³/mol. The molecule has 0 atom stereocenters. The summed E-state index contributed by atoms with van der Waals surface area (Å²) in [4.78, 5) is 22.8. The van der Waals surface area contributed by atoms with Crippen molar-refractivity contribution in [1.82, 2.24) is 0 Å². The molecule has 0 radical (unpaired) electrons. The lowest BCUT2D eigenvalue weighted by molar-refractivity contribution is -0.185. The normalized spacial score (nSPS) is 10.1. The molecule has 0 spiro atoms. The lowest BCUT2D eigenvalue weighted by atomic mass is 10.3. The van der Waals surface area contributed by atoms with Crippen molar-refractivity contribution in [2.75, 3.05) is 13.2 Å². The van der Waals surface area contributed by atoms with Crippen LogP contribution >= 0.6 is 0 Å². The van der Waals surface area contributed by atoms with Crippen molar-refractivity contribution in [3.05, 3.63) is 24.3 Å². The molecular formula is C14H22O5. The minimum atomic E-state index is -0.981. The van der Waals surface area contributed by atoms with E-state index >= 15 is 0 Å². The van der Waals surface area contributed by atoms with Crippen LogP contribution in [0.25, 0.3) is 0 Å². The summed E-state index contributed by atoms with van der Waals surface area (Å²) in [6, 6.07) is 0. The van der Waals surface area contributed by atoms with E-state index in [1.54, 1.807) is 0 Å². The van der Waals surface area contributed by atoms with E-state index in [1.165, 1.54) is 13.8 Å². The van der Waals surface area contributed by atoms with Crippen LogP contribution in [0.1, 0.15) is 33.6 Å². The van der Waals surface area contributed by atoms with Crippen LogP contribution in [-0.4, -0.2) is 31.4 Å². The summed E-state index contributed by atoms with van der Waals surface area (Å²) in [6.45, 7) is 12.9. The fourth-order valence-electron chi connectivity index (χ4n) is 1.01. The molecule has 0 aliphatic rings. The van der Waals surface area contributed by atoms with Crippen molar-refractivity contribution in [3.63, 3.8) is 0 Å². The van der Waals surface area contributed by atoms with Gasteiger partial charge in [-0.3, -0.25) is 0 Å². The fourth-order valence-corrected chi connectivity index (χ4v) is 1.01. The van der Waals surface area contributed by atoms with E-state index in [4.69, 9.17) is 14.2 Å². The van der Waals surface area contributed by atoms with Crippen molar-refractivity contribution in [1.29, 1.82) is 0 Å². The van der Waals surface area contributed by atoms with Crippen molar-refractivity contribution >= 4 is 11.9 Å². The average Bonchev–Trinajstić information content (AvgIpc) is 2.33. The van der Waals surface area contributed by atoms with Crippen LogP contribution in [0.3, 0.4) is 0 Å². The number of hydrogen-bond donors (Lipinski definition) is 0. The average molecular weight is 270 g/mol. The molecule has 0 heterocycles. The predicted octanol–water partition coefficient (Wildman–Crippen LogP) is 2.37. The molecule has 0 aromatic carbocycles. The summed E-state index contributed by atoms with van der Waals surface area (Å²) >= 11 is 0. The quantitative estimate of drug-likeness (QED) is 0.278. The van der Waals surface area contributed by atoms with Crippen molar-refractivity contribution in [3.8, 4) is 0 Å². The Morgan fingerprint density at radius 2 is 1.47 bits per heavy atom. The van der Waals surface area contributed by atoms with Crippen molar-refractivity contribution in [2.24, 2.45) is 0 Å². The molecule has 0 aromatic heterocycles. The van der Waals surface area contributed by atoms with Gasteiger partial charge in [-0.25, -0.2) is 9.59 Å². The second kappa shape index (κ2) is 9.33. The van der Waals surface area contributed by atoms with E-state index in [0.717, 1.165) is 6.42 Å². The van der Waals surface area contributed by atoms with Crippen molar-refractivity contribution in [2.45, 2.75) is 39.9 Å². The third-order valence-electron chi connectivity index (χ3n) is 2.02. The second-order valence-corrected chi connectivity index (χ2v) is 4.20. The summed E-state index contributed by atoms with van der Waals surface area (Å²) in [5.74, 6) is -1.20. The van der Waals surface area contributed by atoms with Gasteiger partial charge in [-0.1, -0.05) is 20.1 Å². The van der Waals surface area contributed by atoms with E-state index in [9.17, 15) is 9.59 Å². The van der Waals surface area contributed by atoms with Crippen LogP contribution in [-0.2, 0) is 23.8 Å². The van der Waals surface area contributed by atoms with E-state index in [1.807, 2.05) is 6.92 Å². The Bertz CT molecular complexity index is 318. The van der Waals surface area contributed by atoms with Gasteiger partial charge >= 0.3 is 11.9 Å². The Morgan fingerprint density at radius 1 is 1.00 bits per heavy atom. The highest BCUT2D eigenvalue weighted by Crippen LogP contribution is 2.08. The highest BCUT2D eigenvalue weighted by molar-refractivity contribution is 5.88. The lowest BCUT2D eigenvalue weighted by Crippen LogP contribution is -2.26. The summed E-state index contributed by atoms with van der Waals surface area (Å²) in [5, 5.41) is 0. The molecule has 0 unspecified atom stereocenters. The van der Waals surface area contributed by atoms with Crippen LogP contribution in [0.15, 0.2) is 24.3 Å². The van der Waals surface area contributed by atoms with Gasteiger partial charge in [0, 0.05) is 24.2 Å². The minimum Gasteiger partial charge on any atom is -0.422 e. The zero-order valence-electron chi connectivity index (χ0n) is 11.9. The molecule has 108 valence electrons. The van der Waals surface area contributed by atoms with Gasteiger partial charge < -0.3 is 14.2 Å². The maximum absolute atomic E-state index is 11.4. The number of carbonyl (C=O) groups excluding carboxylic acids is 2. The molecule has 0 bridgehead atoms. The zero-order valence-corrected chi connectivity index (χ0v) is 11.9. The first-order valence-corrected chi connectivity index (χ1v) is 6.19. The Hall–Kier alpha value is -1.62. The van der Waals surface area contributed by atoms with Crippen LogP contribution in [0.5, 0.6) is 0 Å². The molecule has 0 aliphatic carbocycles. The van der Waals surface area contributed by atoms with Gasteiger partial charge in [-0.2, -0.15) is 0 Å². The zero-order chi connectivity index (χ0) is 14.8. The van der Waals surface area contributed by atoms with Gasteiger partial charge in [0.25, 0.3) is 0 Å². The molecule has 19 heavy (non-hydrogen) atoms. The molecule has 5 nitrogen and oxygen atoms in total. The van der Waals surface area contributed by atoms with Crippen LogP contribution in [0, 0.1) is 0 Å². The monoisotopic (exact) mass is 270 g/mol. The molecule has 0 aromatic rings. The lowest BCUT2D eigenvalue weighted by Gasteiger charge is -2.18. The maximum atomic E-state index is 11.4. The summed E-state index contributed by atoms with van der Waals surface area (Å²) in [5.41, 5.74) is 0.483.